The lowest BCUT2D eigenvalue weighted by molar-refractivity contribution is 0.288. The van der Waals surface area contributed by atoms with Crippen LogP contribution < -0.4 is 4.74 Å². The van der Waals surface area contributed by atoms with Crippen molar-refractivity contribution in [3.8, 4) is 5.75 Å². The molecule has 0 unspecified atom stereocenters. The Labute approximate surface area is 144 Å². The summed E-state index contributed by atoms with van der Waals surface area (Å²) < 4.78 is 21.4. The molecule has 0 saturated heterocycles. The molecular weight excluding hydrogens is 325 g/mol. The Hall–Kier alpha value is -2.34. The molecule has 0 aliphatic heterocycles. The number of halogens is 1. The molecule has 0 atom stereocenters. The summed E-state index contributed by atoms with van der Waals surface area (Å²) in [6.45, 7) is 3.12. The molecule has 0 N–H and O–H groups in total. The van der Waals surface area contributed by atoms with E-state index >= 15 is 0 Å². The van der Waals surface area contributed by atoms with Crippen molar-refractivity contribution in [1.82, 2.24) is 14.8 Å². The Morgan fingerprint density at radius 3 is 2.54 bits per heavy atom. The van der Waals surface area contributed by atoms with Crippen LogP contribution in [-0.2, 0) is 18.9 Å². The van der Waals surface area contributed by atoms with Crippen LogP contribution in [0.2, 0.25) is 0 Å². The molecule has 6 heteroatoms. The van der Waals surface area contributed by atoms with Gasteiger partial charge >= 0.3 is 0 Å². The standard InChI is InChI=1S/C18H18FN3OS/c1-2-22-17(12-23-15-9-4-3-5-10-15)20-21-18(22)24-13-14-8-6-7-11-16(14)19/h3-11H,2,12-13H2,1H3. The van der Waals surface area contributed by atoms with Gasteiger partial charge in [-0.25, -0.2) is 4.39 Å². The van der Waals surface area contributed by atoms with Crippen molar-refractivity contribution >= 4 is 11.8 Å². The quantitative estimate of drug-likeness (QED) is 0.599. The fourth-order valence-electron chi connectivity index (χ4n) is 2.27. The minimum absolute atomic E-state index is 0.194. The van der Waals surface area contributed by atoms with Gasteiger partial charge in [0.2, 0.25) is 0 Å². The number of nitrogens with zero attached hydrogens (tertiary/aromatic N) is 3. The summed E-state index contributed by atoms with van der Waals surface area (Å²) in [5.41, 5.74) is 0.662. The SMILES string of the molecule is CCn1c(COc2ccccc2)nnc1SCc1ccccc1F. The van der Waals surface area contributed by atoms with Gasteiger partial charge < -0.3 is 9.30 Å². The van der Waals surface area contributed by atoms with Gasteiger partial charge in [0.25, 0.3) is 0 Å². The molecule has 1 heterocycles. The van der Waals surface area contributed by atoms with Gasteiger partial charge in [0.15, 0.2) is 11.0 Å². The second-order valence-electron chi connectivity index (χ2n) is 5.12. The van der Waals surface area contributed by atoms with E-state index < -0.39 is 0 Å². The normalized spacial score (nSPS) is 10.8. The predicted octanol–water partition coefficient (Wildman–Crippen LogP) is 4.31. The molecule has 124 valence electrons. The number of para-hydroxylation sites is 1. The molecule has 3 rings (SSSR count). The Morgan fingerprint density at radius 2 is 1.79 bits per heavy atom. The van der Waals surface area contributed by atoms with Crippen molar-refractivity contribution in [2.45, 2.75) is 31.0 Å². The largest absolute Gasteiger partial charge is 0.486 e. The minimum Gasteiger partial charge on any atom is -0.486 e. The average molecular weight is 343 g/mol. The van der Waals surface area contributed by atoms with E-state index in [0.29, 0.717) is 17.9 Å². The second-order valence-corrected chi connectivity index (χ2v) is 6.07. The van der Waals surface area contributed by atoms with Gasteiger partial charge in [-0.3, -0.25) is 0 Å². The van der Waals surface area contributed by atoms with Crippen molar-refractivity contribution < 1.29 is 9.13 Å². The first-order chi connectivity index (χ1) is 11.8. The minimum atomic E-state index is -0.194. The van der Waals surface area contributed by atoms with E-state index in [9.17, 15) is 4.39 Å². The first-order valence-electron chi connectivity index (χ1n) is 7.74. The van der Waals surface area contributed by atoms with E-state index in [4.69, 9.17) is 4.74 Å². The molecule has 0 spiro atoms. The topological polar surface area (TPSA) is 39.9 Å². The van der Waals surface area contributed by atoms with Gasteiger partial charge in [0.05, 0.1) is 0 Å². The molecule has 0 aliphatic carbocycles. The zero-order valence-corrected chi connectivity index (χ0v) is 14.2. The van der Waals surface area contributed by atoms with Crippen LogP contribution in [0.1, 0.15) is 18.3 Å². The highest BCUT2D eigenvalue weighted by Gasteiger charge is 2.13. The fraction of sp³-hybridized carbons (Fsp3) is 0.222. The van der Waals surface area contributed by atoms with Crippen LogP contribution in [0.4, 0.5) is 4.39 Å². The third-order valence-electron chi connectivity index (χ3n) is 3.54. The van der Waals surface area contributed by atoms with E-state index in [1.54, 1.807) is 12.1 Å². The van der Waals surface area contributed by atoms with Crippen molar-refractivity contribution in [1.29, 1.82) is 0 Å². The summed E-state index contributed by atoms with van der Waals surface area (Å²) in [5, 5.41) is 9.20. The Morgan fingerprint density at radius 1 is 1.04 bits per heavy atom. The lowest BCUT2D eigenvalue weighted by Gasteiger charge is -2.09. The van der Waals surface area contributed by atoms with Crippen LogP contribution in [-0.4, -0.2) is 14.8 Å². The molecule has 0 radical (unpaired) electrons. The Bertz CT molecular complexity index is 792. The number of ether oxygens (including phenoxy) is 1. The first-order valence-corrected chi connectivity index (χ1v) is 8.72. The van der Waals surface area contributed by atoms with Gasteiger partial charge in [0, 0.05) is 12.3 Å². The molecule has 4 nitrogen and oxygen atoms in total. The van der Waals surface area contributed by atoms with Crippen molar-refractivity contribution in [2.24, 2.45) is 0 Å². The fourth-order valence-corrected chi connectivity index (χ4v) is 3.28. The lowest BCUT2D eigenvalue weighted by atomic mass is 10.2. The third kappa shape index (κ3) is 3.94. The highest BCUT2D eigenvalue weighted by Crippen LogP contribution is 2.23. The summed E-state index contributed by atoms with van der Waals surface area (Å²) in [4.78, 5) is 0. The molecule has 1 aromatic heterocycles. The molecule has 0 aliphatic rings. The average Bonchev–Trinajstić information content (AvgIpc) is 3.02. The van der Waals surface area contributed by atoms with Gasteiger partial charge in [-0.15, -0.1) is 10.2 Å². The number of rotatable bonds is 7. The highest BCUT2D eigenvalue weighted by atomic mass is 32.2. The molecule has 0 bridgehead atoms. The number of benzene rings is 2. The summed E-state index contributed by atoms with van der Waals surface area (Å²) in [6.07, 6.45) is 0. The van der Waals surface area contributed by atoms with Crippen molar-refractivity contribution in [3.05, 3.63) is 71.8 Å². The summed E-state index contributed by atoms with van der Waals surface area (Å²) >= 11 is 1.48. The van der Waals surface area contributed by atoms with Gasteiger partial charge in [-0.2, -0.15) is 0 Å². The maximum atomic E-state index is 13.7. The molecular formula is C18H18FN3OS. The van der Waals surface area contributed by atoms with Crippen LogP contribution in [0.25, 0.3) is 0 Å². The Kier molecular flexibility index (Phi) is 5.48. The van der Waals surface area contributed by atoms with Gasteiger partial charge in [-0.05, 0) is 30.7 Å². The molecule has 3 aromatic rings. The summed E-state index contributed by atoms with van der Waals surface area (Å²) in [5.74, 6) is 1.88. The zero-order valence-electron chi connectivity index (χ0n) is 13.4. The monoisotopic (exact) mass is 343 g/mol. The molecule has 24 heavy (non-hydrogen) atoms. The lowest BCUT2D eigenvalue weighted by Crippen LogP contribution is -2.07. The molecule has 0 saturated carbocycles. The first kappa shape index (κ1) is 16.5. The predicted molar refractivity (Wildman–Crippen MR) is 92.4 cm³/mol. The summed E-state index contributed by atoms with van der Waals surface area (Å²) in [6, 6.07) is 16.4. The van der Waals surface area contributed by atoms with Crippen LogP contribution in [0.3, 0.4) is 0 Å². The van der Waals surface area contributed by atoms with Crippen molar-refractivity contribution in [3.63, 3.8) is 0 Å². The molecule has 2 aromatic carbocycles. The van der Waals surface area contributed by atoms with Gasteiger partial charge in [0.1, 0.15) is 18.2 Å². The zero-order chi connectivity index (χ0) is 16.8. The van der Waals surface area contributed by atoms with Crippen molar-refractivity contribution in [2.75, 3.05) is 0 Å². The number of aromatic nitrogens is 3. The van der Waals surface area contributed by atoms with Crippen LogP contribution in [0.5, 0.6) is 5.75 Å². The number of hydrogen-bond acceptors (Lipinski definition) is 4. The third-order valence-corrected chi connectivity index (χ3v) is 4.55. The van der Waals surface area contributed by atoms with Crippen LogP contribution >= 0.6 is 11.8 Å². The van der Waals surface area contributed by atoms with E-state index in [1.807, 2.05) is 47.9 Å². The molecule has 0 fully saturated rings. The smallest absolute Gasteiger partial charge is 0.191 e. The van der Waals surface area contributed by atoms with Crippen LogP contribution in [0.15, 0.2) is 59.8 Å². The number of hydrogen-bond donors (Lipinski definition) is 0. The maximum absolute atomic E-state index is 13.7. The number of thioether (sulfide) groups is 1. The second kappa shape index (κ2) is 7.97. The molecule has 0 amide bonds. The van der Waals surface area contributed by atoms with E-state index in [2.05, 4.69) is 10.2 Å². The Balaban J connectivity index is 1.67. The van der Waals surface area contributed by atoms with E-state index in [0.717, 1.165) is 23.3 Å². The maximum Gasteiger partial charge on any atom is 0.191 e. The summed E-state index contributed by atoms with van der Waals surface area (Å²) in [7, 11) is 0. The highest BCUT2D eigenvalue weighted by molar-refractivity contribution is 7.98. The van der Waals surface area contributed by atoms with E-state index in [-0.39, 0.29) is 5.82 Å². The van der Waals surface area contributed by atoms with E-state index in [1.165, 1.54) is 17.8 Å². The van der Waals surface area contributed by atoms with Crippen LogP contribution in [0, 0.1) is 5.82 Å². The van der Waals surface area contributed by atoms with Gasteiger partial charge in [-0.1, -0.05) is 48.2 Å².